The Morgan fingerprint density at radius 2 is 1.72 bits per heavy atom. The van der Waals surface area contributed by atoms with E-state index in [2.05, 4.69) is 10.2 Å². The van der Waals surface area contributed by atoms with Gasteiger partial charge in [0.1, 0.15) is 0 Å². The van der Waals surface area contributed by atoms with Crippen LogP contribution in [0.25, 0.3) is 0 Å². The van der Waals surface area contributed by atoms with Crippen LogP contribution in [0.15, 0.2) is 48.5 Å². The molecule has 0 aromatic heterocycles. The van der Waals surface area contributed by atoms with Gasteiger partial charge in [0, 0.05) is 29.9 Å². The molecule has 5 nitrogen and oxygen atoms in total. The van der Waals surface area contributed by atoms with E-state index in [0.717, 1.165) is 37.6 Å². The number of morpholine rings is 1. The van der Waals surface area contributed by atoms with Crippen LogP contribution in [0.2, 0.25) is 0 Å². The molecular formula is C20H22N2O3. The summed E-state index contributed by atoms with van der Waals surface area (Å²) in [5.74, 6) is -0.327. The number of carbonyl (C=O) groups is 2. The van der Waals surface area contributed by atoms with Crippen molar-refractivity contribution in [3.63, 3.8) is 0 Å². The highest BCUT2D eigenvalue weighted by Gasteiger charge is 2.14. The average molecular weight is 338 g/mol. The van der Waals surface area contributed by atoms with Crippen molar-refractivity contribution in [1.82, 2.24) is 5.32 Å². The Kier molecular flexibility index (Phi) is 5.46. The Balaban J connectivity index is 1.58. The van der Waals surface area contributed by atoms with Gasteiger partial charge < -0.3 is 15.0 Å². The molecule has 0 unspecified atom stereocenters. The molecule has 25 heavy (non-hydrogen) atoms. The zero-order valence-electron chi connectivity index (χ0n) is 14.3. The highest BCUT2D eigenvalue weighted by atomic mass is 16.5. The van der Waals surface area contributed by atoms with Crippen LogP contribution >= 0.6 is 0 Å². The number of Topliss-reactive ketones (excluding diaryl/α,β-unsaturated/α-hetero) is 1. The van der Waals surface area contributed by atoms with E-state index in [4.69, 9.17) is 4.74 Å². The first-order valence-corrected chi connectivity index (χ1v) is 8.45. The molecule has 0 aliphatic carbocycles. The maximum atomic E-state index is 12.3. The maximum Gasteiger partial charge on any atom is 0.251 e. The minimum atomic E-state index is -0.226. The van der Waals surface area contributed by atoms with Gasteiger partial charge >= 0.3 is 0 Å². The number of ketones is 1. The average Bonchev–Trinajstić information content (AvgIpc) is 2.67. The Morgan fingerprint density at radius 3 is 2.40 bits per heavy atom. The Labute approximate surface area is 147 Å². The van der Waals surface area contributed by atoms with E-state index in [-0.39, 0.29) is 18.2 Å². The van der Waals surface area contributed by atoms with E-state index in [1.54, 1.807) is 6.07 Å². The minimum Gasteiger partial charge on any atom is -0.378 e. The SMILES string of the molecule is Cc1ccccc1C(=O)NCC(=O)c1ccc(N2CCOCC2)cc1. The molecule has 1 heterocycles. The molecule has 0 spiro atoms. The molecule has 1 fully saturated rings. The molecule has 2 aromatic rings. The lowest BCUT2D eigenvalue weighted by Gasteiger charge is -2.28. The number of anilines is 1. The molecule has 0 bridgehead atoms. The van der Waals surface area contributed by atoms with Crippen LogP contribution in [0.4, 0.5) is 5.69 Å². The van der Waals surface area contributed by atoms with Crippen LogP contribution in [0.1, 0.15) is 26.3 Å². The van der Waals surface area contributed by atoms with E-state index in [1.807, 2.05) is 49.4 Å². The number of rotatable bonds is 5. The third kappa shape index (κ3) is 4.25. The first kappa shape index (κ1) is 17.2. The lowest BCUT2D eigenvalue weighted by molar-refractivity contribution is 0.0903. The van der Waals surface area contributed by atoms with Crippen LogP contribution in [0.3, 0.4) is 0 Å². The summed E-state index contributed by atoms with van der Waals surface area (Å²) in [6.07, 6.45) is 0. The molecule has 1 aliphatic heterocycles. The molecular weight excluding hydrogens is 316 g/mol. The van der Waals surface area contributed by atoms with Gasteiger partial charge in [-0.05, 0) is 42.8 Å². The van der Waals surface area contributed by atoms with Gasteiger partial charge in [-0.1, -0.05) is 18.2 Å². The topological polar surface area (TPSA) is 58.6 Å². The van der Waals surface area contributed by atoms with Gasteiger partial charge in [-0.15, -0.1) is 0 Å². The van der Waals surface area contributed by atoms with Gasteiger partial charge in [-0.3, -0.25) is 9.59 Å². The van der Waals surface area contributed by atoms with Crippen molar-refractivity contribution in [2.75, 3.05) is 37.7 Å². The van der Waals surface area contributed by atoms with Crippen LogP contribution in [0.5, 0.6) is 0 Å². The van der Waals surface area contributed by atoms with E-state index >= 15 is 0 Å². The first-order chi connectivity index (χ1) is 12.1. The smallest absolute Gasteiger partial charge is 0.251 e. The van der Waals surface area contributed by atoms with Gasteiger partial charge in [-0.25, -0.2) is 0 Å². The molecule has 0 saturated carbocycles. The van der Waals surface area contributed by atoms with Gasteiger partial charge in [0.25, 0.3) is 5.91 Å². The molecule has 1 saturated heterocycles. The van der Waals surface area contributed by atoms with Gasteiger partial charge in [-0.2, -0.15) is 0 Å². The molecule has 130 valence electrons. The number of nitrogens with zero attached hydrogens (tertiary/aromatic N) is 1. The van der Waals surface area contributed by atoms with Crippen LogP contribution in [-0.2, 0) is 4.74 Å². The summed E-state index contributed by atoms with van der Waals surface area (Å²) in [4.78, 5) is 26.7. The largest absolute Gasteiger partial charge is 0.378 e. The lowest BCUT2D eigenvalue weighted by atomic mass is 10.1. The van der Waals surface area contributed by atoms with E-state index in [0.29, 0.717) is 11.1 Å². The fourth-order valence-electron chi connectivity index (χ4n) is 2.87. The summed E-state index contributed by atoms with van der Waals surface area (Å²) in [6.45, 7) is 5.04. The van der Waals surface area contributed by atoms with Crippen LogP contribution in [0, 0.1) is 6.92 Å². The second-order valence-electron chi connectivity index (χ2n) is 6.07. The summed E-state index contributed by atoms with van der Waals surface area (Å²) in [6, 6.07) is 14.8. The number of nitrogens with one attached hydrogen (secondary N) is 1. The quantitative estimate of drug-likeness (QED) is 0.851. The predicted octanol–water partition coefficient (Wildman–Crippen LogP) is 2.44. The summed E-state index contributed by atoms with van der Waals surface area (Å²) in [5, 5.41) is 2.70. The highest BCUT2D eigenvalue weighted by Crippen LogP contribution is 2.17. The zero-order valence-corrected chi connectivity index (χ0v) is 14.3. The molecule has 0 radical (unpaired) electrons. The Morgan fingerprint density at radius 1 is 1.04 bits per heavy atom. The standard InChI is InChI=1S/C20H22N2O3/c1-15-4-2-3-5-18(15)20(24)21-14-19(23)16-6-8-17(9-7-16)22-10-12-25-13-11-22/h2-9H,10-14H2,1H3,(H,21,24). The summed E-state index contributed by atoms with van der Waals surface area (Å²) < 4.78 is 5.35. The van der Waals surface area contributed by atoms with E-state index in [1.165, 1.54) is 0 Å². The maximum absolute atomic E-state index is 12.3. The number of benzene rings is 2. The second kappa shape index (κ2) is 7.94. The lowest BCUT2D eigenvalue weighted by Crippen LogP contribution is -2.36. The molecule has 3 rings (SSSR count). The first-order valence-electron chi connectivity index (χ1n) is 8.45. The number of aryl methyl sites for hydroxylation is 1. The molecule has 1 aliphatic rings. The molecule has 1 amide bonds. The number of amides is 1. The Hall–Kier alpha value is -2.66. The van der Waals surface area contributed by atoms with Gasteiger partial charge in [0.05, 0.1) is 19.8 Å². The fraction of sp³-hybridized carbons (Fsp3) is 0.300. The zero-order chi connectivity index (χ0) is 17.6. The monoisotopic (exact) mass is 338 g/mol. The van der Waals surface area contributed by atoms with Crippen molar-refractivity contribution >= 4 is 17.4 Å². The van der Waals surface area contributed by atoms with Crippen LogP contribution < -0.4 is 10.2 Å². The number of hydrogen-bond donors (Lipinski definition) is 1. The minimum absolute atomic E-state index is 0.00985. The molecule has 0 atom stereocenters. The third-order valence-corrected chi connectivity index (χ3v) is 4.36. The fourth-order valence-corrected chi connectivity index (χ4v) is 2.87. The molecule has 1 N–H and O–H groups in total. The van der Waals surface area contributed by atoms with Crippen molar-refractivity contribution < 1.29 is 14.3 Å². The van der Waals surface area contributed by atoms with E-state index in [9.17, 15) is 9.59 Å². The normalized spacial score (nSPS) is 14.2. The summed E-state index contributed by atoms with van der Waals surface area (Å²) in [5.41, 5.74) is 3.17. The van der Waals surface area contributed by atoms with Gasteiger partial charge in [0.2, 0.25) is 0 Å². The number of ether oxygens (including phenoxy) is 1. The van der Waals surface area contributed by atoms with Crippen molar-refractivity contribution in [1.29, 1.82) is 0 Å². The van der Waals surface area contributed by atoms with Crippen molar-refractivity contribution in [2.24, 2.45) is 0 Å². The van der Waals surface area contributed by atoms with Crippen molar-refractivity contribution in [3.05, 3.63) is 65.2 Å². The number of hydrogen-bond acceptors (Lipinski definition) is 4. The Bertz CT molecular complexity index is 750. The summed E-state index contributed by atoms with van der Waals surface area (Å²) in [7, 11) is 0. The summed E-state index contributed by atoms with van der Waals surface area (Å²) >= 11 is 0. The molecule has 2 aromatic carbocycles. The molecule has 5 heteroatoms. The van der Waals surface area contributed by atoms with Gasteiger partial charge in [0.15, 0.2) is 5.78 Å². The predicted molar refractivity (Wildman–Crippen MR) is 97.3 cm³/mol. The highest BCUT2D eigenvalue weighted by molar-refractivity contribution is 6.02. The van der Waals surface area contributed by atoms with Crippen molar-refractivity contribution in [2.45, 2.75) is 6.92 Å². The number of carbonyl (C=O) groups excluding carboxylic acids is 2. The van der Waals surface area contributed by atoms with Crippen LogP contribution in [-0.4, -0.2) is 44.5 Å². The van der Waals surface area contributed by atoms with Crippen molar-refractivity contribution in [3.8, 4) is 0 Å². The second-order valence-corrected chi connectivity index (χ2v) is 6.07. The third-order valence-electron chi connectivity index (χ3n) is 4.36. The van der Waals surface area contributed by atoms with E-state index < -0.39 is 0 Å².